The van der Waals surface area contributed by atoms with Gasteiger partial charge in [-0.15, -0.1) is 0 Å². The lowest BCUT2D eigenvalue weighted by molar-refractivity contribution is -0.127. The number of amides is 2. The van der Waals surface area contributed by atoms with Crippen molar-refractivity contribution < 1.29 is 14.3 Å². The summed E-state index contributed by atoms with van der Waals surface area (Å²) >= 11 is 6.07. The predicted octanol–water partition coefficient (Wildman–Crippen LogP) is 3.12. The van der Waals surface area contributed by atoms with Gasteiger partial charge in [0, 0.05) is 16.6 Å². The van der Waals surface area contributed by atoms with Crippen molar-refractivity contribution in [1.82, 2.24) is 10.2 Å². The van der Waals surface area contributed by atoms with Gasteiger partial charge in [-0.2, -0.15) is 0 Å². The fraction of sp³-hybridized carbons (Fsp3) is 0.579. The molecule has 1 aromatic rings. The molecule has 2 saturated carbocycles. The zero-order valence-corrected chi connectivity index (χ0v) is 14.9. The molecule has 1 spiro atoms. The topological polar surface area (TPSA) is 58.6 Å². The van der Waals surface area contributed by atoms with E-state index in [1.807, 2.05) is 0 Å². The first kappa shape index (κ1) is 16.9. The highest BCUT2D eigenvalue weighted by molar-refractivity contribution is 6.31. The molecule has 1 aliphatic heterocycles. The summed E-state index contributed by atoms with van der Waals surface area (Å²) < 4.78 is 6.11. The fourth-order valence-corrected chi connectivity index (χ4v) is 4.15. The van der Waals surface area contributed by atoms with Crippen LogP contribution in [0.1, 0.15) is 55.3 Å². The minimum atomic E-state index is -0.650. The van der Waals surface area contributed by atoms with Crippen molar-refractivity contribution >= 4 is 23.4 Å². The molecule has 1 aromatic carbocycles. The van der Waals surface area contributed by atoms with Crippen molar-refractivity contribution in [2.45, 2.75) is 62.8 Å². The smallest absolute Gasteiger partial charge is 0.256 e. The number of benzene rings is 1. The maximum absolute atomic E-state index is 13.3. The molecule has 134 valence electrons. The van der Waals surface area contributed by atoms with E-state index < -0.39 is 11.8 Å². The van der Waals surface area contributed by atoms with Gasteiger partial charge in [-0.05, 0) is 56.7 Å². The summed E-state index contributed by atoms with van der Waals surface area (Å²) in [4.78, 5) is 27.7. The Morgan fingerprint density at radius 1 is 1.20 bits per heavy atom. The molecule has 0 aromatic heterocycles. The lowest BCUT2D eigenvalue weighted by Gasteiger charge is -2.41. The second kappa shape index (κ2) is 6.61. The van der Waals surface area contributed by atoms with E-state index >= 15 is 0 Å². The van der Waals surface area contributed by atoms with Crippen molar-refractivity contribution in [3.8, 4) is 0 Å². The Kier molecular flexibility index (Phi) is 4.46. The van der Waals surface area contributed by atoms with Crippen LogP contribution in [-0.2, 0) is 9.53 Å². The number of hydrogen-bond donors (Lipinski definition) is 1. The Morgan fingerprint density at radius 2 is 1.96 bits per heavy atom. The van der Waals surface area contributed by atoms with Crippen LogP contribution < -0.4 is 5.32 Å². The quantitative estimate of drug-likeness (QED) is 0.898. The first-order chi connectivity index (χ1) is 12.1. The monoisotopic (exact) mass is 362 g/mol. The Bertz CT molecular complexity index is 683. The van der Waals surface area contributed by atoms with E-state index in [1.54, 1.807) is 29.2 Å². The Hall–Kier alpha value is -1.59. The first-order valence-electron chi connectivity index (χ1n) is 9.13. The first-order valence-corrected chi connectivity index (χ1v) is 9.50. The molecule has 0 unspecified atom stereocenters. The maximum Gasteiger partial charge on any atom is 0.256 e. The lowest BCUT2D eigenvalue weighted by atomic mass is 9.89. The number of carbonyl (C=O) groups excluding carboxylic acids is 2. The molecule has 1 atom stereocenters. The van der Waals surface area contributed by atoms with E-state index in [9.17, 15) is 9.59 Å². The van der Waals surface area contributed by atoms with E-state index in [2.05, 4.69) is 5.32 Å². The molecule has 4 rings (SSSR count). The molecule has 3 aliphatic rings. The van der Waals surface area contributed by atoms with Crippen molar-refractivity contribution in [1.29, 1.82) is 0 Å². The van der Waals surface area contributed by atoms with E-state index in [-0.39, 0.29) is 24.5 Å². The number of rotatable bonds is 3. The molecule has 25 heavy (non-hydrogen) atoms. The number of hydrogen-bond acceptors (Lipinski definition) is 3. The zero-order chi connectivity index (χ0) is 17.4. The van der Waals surface area contributed by atoms with Crippen molar-refractivity contribution in [3.63, 3.8) is 0 Å². The van der Waals surface area contributed by atoms with Crippen LogP contribution >= 0.6 is 11.6 Å². The van der Waals surface area contributed by atoms with Crippen LogP contribution in [0.4, 0.5) is 0 Å². The van der Waals surface area contributed by atoms with Crippen molar-refractivity contribution in [3.05, 3.63) is 34.9 Å². The standard InChI is InChI=1S/C19H23ClN2O3/c20-14-6-4-5-13(11-14)18(24)22-16(17(23)21-15-7-8-15)12-25-19(22)9-2-1-3-10-19/h4-6,11,15-16H,1-3,7-10,12H2,(H,21,23)/t16-/m1/s1. The van der Waals surface area contributed by atoms with Gasteiger partial charge in [-0.1, -0.05) is 24.1 Å². The van der Waals surface area contributed by atoms with E-state index in [1.165, 1.54) is 0 Å². The Morgan fingerprint density at radius 3 is 2.64 bits per heavy atom. The SMILES string of the molecule is O=C(NC1CC1)[C@H]1COC2(CCCCC2)N1C(=O)c1cccc(Cl)c1. The van der Waals surface area contributed by atoms with Gasteiger partial charge in [0.25, 0.3) is 5.91 Å². The highest BCUT2D eigenvalue weighted by atomic mass is 35.5. The molecule has 2 aliphatic carbocycles. The van der Waals surface area contributed by atoms with Crippen LogP contribution in [0, 0.1) is 0 Å². The molecule has 3 fully saturated rings. The second-order valence-corrected chi connectivity index (χ2v) is 7.74. The predicted molar refractivity (Wildman–Crippen MR) is 94.3 cm³/mol. The molecule has 1 N–H and O–H groups in total. The molecule has 0 radical (unpaired) electrons. The number of nitrogens with one attached hydrogen (secondary N) is 1. The highest BCUT2D eigenvalue weighted by Gasteiger charge is 2.53. The minimum absolute atomic E-state index is 0.0969. The highest BCUT2D eigenvalue weighted by Crippen LogP contribution is 2.41. The maximum atomic E-state index is 13.3. The average molecular weight is 363 g/mol. The molecule has 2 amide bonds. The normalized spacial score (nSPS) is 25.2. The molecule has 0 bridgehead atoms. The lowest BCUT2D eigenvalue weighted by Crippen LogP contribution is -2.56. The Labute approximate surface area is 152 Å². The molecule has 1 saturated heterocycles. The van der Waals surface area contributed by atoms with Gasteiger partial charge < -0.3 is 10.1 Å². The van der Waals surface area contributed by atoms with E-state index in [0.717, 1.165) is 44.9 Å². The van der Waals surface area contributed by atoms with Gasteiger partial charge in [-0.3, -0.25) is 14.5 Å². The summed E-state index contributed by atoms with van der Waals surface area (Å²) in [6, 6.07) is 6.61. The Balaban J connectivity index is 1.65. The summed E-state index contributed by atoms with van der Waals surface area (Å²) in [5.41, 5.74) is -0.143. The van der Waals surface area contributed by atoms with E-state index in [4.69, 9.17) is 16.3 Å². The molecular formula is C19H23ClN2O3. The third-order valence-electron chi connectivity index (χ3n) is 5.41. The molecular weight excluding hydrogens is 340 g/mol. The van der Waals surface area contributed by atoms with Gasteiger partial charge in [0.15, 0.2) is 0 Å². The third-order valence-corrected chi connectivity index (χ3v) is 5.65. The number of carbonyl (C=O) groups is 2. The van der Waals surface area contributed by atoms with Gasteiger partial charge in [0.2, 0.25) is 5.91 Å². The third kappa shape index (κ3) is 3.27. The van der Waals surface area contributed by atoms with Crippen LogP contribution in [0.3, 0.4) is 0 Å². The fourth-order valence-electron chi connectivity index (χ4n) is 3.96. The molecule has 5 nitrogen and oxygen atoms in total. The largest absolute Gasteiger partial charge is 0.353 e. The van der Waals surface area contributed by atoms with Crippen LogP contribution in [0.2, 0.25) is 5.02 Å². The van der Waals surface area contributed by atoms with Crippen molar-refractivity contribution in [2.75, 3.05) is 6.61 Å². The second-order valence-electron chi connectivity index (χ2n) is 7.30. The van der Waals surface area contributed by atoms with Crippen LogP contribution in [0.15, 0.2) is 24.3 Å². The average Bonchev–Trinajstić information content (AvgIpc) is 3.35. The van der Waals surface area contributed by atoms with Crippen LogP contribution in [0.5, 0.6) is 0 Å². The van der Waals surface area contributed by atoms with Gasteiger partial charge >= 0.3 is 0 Å². The molecule has 6 heteroatoms. The summed E-state index contributed by atoms with van der Waals surface area (Å²) in [5, 5.41) is 3.54. The van der Waals surface area contributed by atoms with Crippen LogP contribution in [0.25, 0.3) is 0 Å². The summed E-state index contributed by atoms with van der Waals surface area (Å²) in [6.45, 7) is 0.269. The number of nitrogens with zero attached hydrogens (tertiary/aromatic N) is 1. The molecule has 1 heterocycles. The number of halogens is 1. The summed E-state index contributed by atoms with van der Waals surface area (Å²) in [5.74, 6) is -0.266. The number of ether oxygens (including phenoxy) is 1. The van der Waals surface area contributed by atoms with Crippen molar-refractivity contribution in [2.24, 2.45) is 0 Å². The summed E-state index contributed by atoms with van der Waals surface area (Å²) in [6.07, 6.45) is 6.77. The van der Waals surface area contributed by atoms with Crippen LogP contribution in [-0.4, -0.2) is 41.1 Å². The van der Waals surface area contributed by atoms with Gasteiger partial charge in [0.1, 0.15) is 11.8 Å². The van der Waals surface area contributed by atoms with Gasteiger partial charge in [-0.25, -0.2) is 0 Å². The van der Waals surface area contributed by atoms with Gasteiger partial charge in [0.05, 0.1) is 6.61 Å². The minimum Gasteiger partial charge on any atom is -0.353 e. The summed E-state index contributed by atoms with van der Waals surface area (Å²) in [7, 11) is 0. The zero-order valence-electron chi connectivity index (χ0n) is 14.2. The van der Waals surface area contributed by atoms with E-state index in [0.29, 0.717) is 10.6 Å².